The van der Waals surface area contributed by atoms with Gasteiger partial charge in [-0.15, -0.1) is 11.3 Å². The van der Waals surface area contributed by atoms with Crippen molar-refractivity contribution in [2.75, 3.05) is 0 Å². The van der Waals surface area contributed by atoms with Crippen molar-refractivity contribution < 1.29 is 13.5 Å². The lowest BCUT2D eigenvalue weighted by Crippen LogP contribution is -2.26. The Kier molecular flexibility index (Phi) is 3.93. The highest BCUT2D eigenvalue weighted by atomic mass is 32.2. The Morgan fingerprint density at radius 3 is 2.32 bits per heavy atom. The molecule has 6 heteroatoms. The first-order valence-corrected chi connectivity index (χ1v) is 8.06. The molecule has 0 amide bonds. The lowest BCUT2D eigenvalue weighted by molar-refractivity contribution is 0.474. The SMILES string of the molecule is Cc1ccc(C(C)NS(=O)(=O)c2ccc(O)cc2)s1. The van der Waals surface area contributed by atoms with E-state index in [9.17, 15) is 13.5 Å². The van der Waals surface area contributed by atoms with Crippen molar-refractivity contribution in [1.82, 2.24) is 4.72 Å². The van der Waals surface area contributed by atoms with Crippen molar-refractivity contribution in [3.8, 4) is 5.75 Å². The monoisotopic (exact) mass is 297 g/mol. The normalized spacial score (nSPS) is 13.4. The molecule has 2 N–H and O–H groups in total. The molecule has 1 atom stereocenters. The highest BCUT2D eigenvalue weighted by Crippen LogP contribution is 2.24. The number of sulfonamides is 1. The summed E-state index contributed by atoms with van der Waals surface area (Å²) in [7, 11) is -3.57. The highest BCUT2D eigenvalue weighted by Gasteiger charge is 2.19. The number of aromatic hydroxyl groups is 1. The van der Waals surface area contributed by atoms with Gasteiger partial charge in [-0.05, 0) is 50.2 Å². The highest BCUT2D eigenvalue weighted by molar-refractivity contribution is 7.89. The predicted molar refractivity (Wildman–Crippen MR) is 75.9 cm³/mol. The Morgan fingerprint density at radius 2 is 1.79 bits per heavy atom. The Balaban J connectivity index is 2.19. The van der Waals surface area contributed by atoms with Crippen LogP contribution in [0.5, 0.6) is 5.75 Å². The predicted octanol–water partition coefficient (Wildman–Crippen LogP) is 2.80. The first kappa shape index (κ1) is 14.0. The van der Waals surface area contributed by atoms with E-state index in [4.69, 9.17) is 0 Å². The summed E-state index contributed by atoms with van der Waals surface area (Å²) in [6.45, 7) is 3.79. The summed E-state index contributed by atoms with van der Waals surface area (Å²) in [6, 6.07) is 9.07. The van der Waals surface area contributed by atoms with E-state index >= 15 is 0 Å². The van der Waals surface area contributed by atoms with E-state index in [2.05, 4.69) is 4.72 Å². The molecule has 0 aliphatic rings. The van der Waals surface area contributed by atoms with E-state index in [0.717, 1.165) is 9.75 Å². The van der Waals surface area contributed by atoms with E-state index in [-0.39, 0.29) is 16.7 Å². The minimum Gasteiger partial charge on any atom is -0.508 e. The molecule has 0 fully saturated rings. The number of benzene rings is 1. The molecule has 2 aromatic rings. The van der Waals surface area contributed by atoms with Crippen LogP contribution in [0.15, 0.2) is 41.3 Å². The molecule has 1 unspecified atom stereocenters. The first-order valence-electron chi connectivity index (χ1n) is 5.76. The van der Waals surface area contributed by atoms with E-state index in [1.165, 1.54) is 24.3 Å². The number of rotatable bonds is 4. The molecular weight excluding hydrogens is 282 g/mol. The Labute approximate surface area is 116 Å². The molecule has 0 bridgehead atoms. The summed E-state index contributed by atoms with van der Waals surface area (Å²) in [5, 5.41) is 9.17. The van der Waals surface area contributed by atoms with Crippen LogP contribution in [0.4, 0.5) is 0 Å². The van der Waals surface area contributed by atoms with Crippen molar-refractivity contribution >= 4 is 21.4 Å². The second-order valence-electron chi connectivity index (χ2n) is 4.29. The van der Waals surface area contributed by atoms with Crippen LogP contribution in [0, 0.1) is 6.92 Å². The van der Waals surface area contributed by atoms with E-state index < -0.39 is 10.0 Å². The Morgan fingerprint density at radius 1 is 1.16 bits per heavy atom. The minimum absolute atomic E-state index is 0.0425. The van der Waals surface area contributed by atoms with Crippen LogP contribution in [0.1, 0.15) is 22.7 Å². The standard InChI is InChI=1S/C13H15NO3S2/c1-9-3-8-13(18-9)10(2)14-19(16,17)12-6-4-11(15)5-7-12/h3-8,10,14-15H,1-2H3. The van der Waals surface area contributed by atoms with E-state index in [1.54, 1.807) is 11.3 Å². The molecule has 1 aromatic heterocycles. The lowest BCUT2D eigenvalue weighted by atomic mass is 10.3. The van der Waals surface area contributed by atoms with Crippen LogP contribution >= 0.6 is 11.3 Å². The third kappa shape index (κ3) is 3.34. The van der Waals surface area contributed by atoms with Crippen molar-refractivity contribution in [1.29, 1.82) is 0 Å². The fourth-order valence-corrected chi connectivity index (χ4v) is 3.85. The molecule has 4 nitrogen and oxygen atoms in total. The third-order valence-corrected chi connectivity index (χ3v) is 5.41. The number of thiophene rings is 1. The summed E-state index contributed by atoms with van der Waals surface area (Å²) in [4.78, 5) is 2.26. The van der Waals surface area contributed by atoms with Gasteiger partial charge in [0.15, 0.2) is 0 Å². The summed E-state index contributed by atoms with van der Waals surface area (Å²) in [5.41, 5.74) is 0. The van der Waals surface area contributed by atoms with Crippen LogP contribution in [0.3, 0.4) is 0 Å². The number of hydrogen-bond donors (Lipinski definition) is 2. The Hall–Kier alpha value is -1.37. The zero-order valence-corrected chi connectivity index (χ0v) is 12.3. The summed E-state index contributed by atoms with van der Waals surface area (Å²) >= 11 is 1.57. The molecule has 0 radical (unpaired) electrons. The van der Waals surface area contributed by atoms with E-state index in [0.29, 0.717) is 0 Å². The topological polar surface area (TPSA) is 66.4 Å². The number of phenolic OH excluding ortho intramolecular Hbond substituents is 1. The second kappa shape index (κ2) is 5.32. The summed E-state index contributed by atoms with van der Waals surface area (Å²) < 4.78 is 26.9. The van der Waals surface area contributed by atoms with Gasteiger partial charge in [0.25, 0.3) is 0 Å². The molecule has 0 saturated heterocycles. The fraction of sp³-hybridized carbons (Fsp3) is 0.231. The van der Waals surface area contributed by atoms with Crippen LogP contribution in [-0.2, 0) is 10.0 Å². The van der Waals surface area contributed by atoms with Crippen molar-refractivity contribution in [3.63, 3.8) is 0 Å². The molecule has 102 valence electrons. The molecule has 0 aliphatic carbocycles. The molecule has 0 aliphatic heterocycles. The van der Waals surface area contributed by atoms with E-state index in [1.807, 2.05) is 26.0 Å². The smallest absolute Gasteiger partial charge is 0.241 e. The van der Waals surface area contributed by atoms with Gasteiger partial charge in [0.1, 0.15) is 5.75 Å². The maximum Gasteiger partial charge on any atom is 0.241 e. The summed E-state index contributed by atoms with van der Waals surface area (Å²) in [6.07, 6.45) is 0. The van der Waals surface area contributed by atoms with Gasteiger partial charge < -0.3 is 5.11 Å². The Bertz CT molecular complexity index is 659. The number of phenols is 1. The quantitative estimate of drug-likeness (QED) is 0.912. The number of nitrogens with one attached hydrogen (secondary N) is 1. The van der Waals surface area contributed by atoms with Gasteiger partial charge in [0, 0.05) is 9.75 Å². The average molecular weight is 297 g/mol. The van der Waals surface area contributed by atoms with Gasteiger partial charge in [-0.3, -0.25) is 0 Å². The largest absolute Gasteiger partial charge is 0.508 e. The van der Waals surface area contributed by atoms with Gasteiger partial charge in [0.05, 0.1) is 10.9 Å². The fourth-order valence-electron chi connectivity index (χ4n) is 1.67. The first-order chi connectivity index (χ1) is 8.88. The van der Waals surface area contributed by atoms with Crippen molar-refractivity contribution in [2.45, 2.75) is 24.8 Å². The maximum atomic E-state index is 12.1. The molecule has 2 rings (SSSR count). The lowest BCUT2D eigenvalue weighted by Gasteiger charge is -2.12. The summed E-state index contributed by atoms with van der Waals surface area (Å²) in [5.74, 6) is 0.0425. The van der Waals surface area contributed by atoms with Crippen LogP contribution in [-0.4, -0.2) is 13.5 Å². The molecule has 19 heavy (non-hydrogen) atoms. The van der Waals surface area contributed by atoms with Crippen molar-refractivity contribution in [3.05, 3.63) is 46.2 Å². The third-order valence-electron chi connectivity index (χ3n) is 2.67. The van der Waals surface area contributed by atoms with Gasteiger partial charge in [-0.1, -0.05) is 0 Å². The van der Waals surface area contributed by atoms with Crippen LogP contribution < -0.4 is 4.72 Å². The molecule has 1 heterocycles. The zero-order chi connectivity index (χ0) is 14.0. The van der Waals surface area contributed by atoms with Gasteiger partial charge in [-0.25, -0.2) is 13.1 Å². The van der Waals surface area contributed by atoms with Crippen LogP contribution in [0.2, 0.25) is 0 Å². The van der Waals surface area contributed by atoms with Gasteiger partial charge in [-0.2, -0.15) is 0 Å². The second-order valence-corrected chi connectivity index (χ2v) is 7.32. The van der Waals surface area contributed by atoms with Gasteiger partial charge in [0.2, 0.25) is 10.0 Å². The van der Waals surface area contributed by atoms with Crippen LogP contribution in [0.25, 0.3) is 0 Å². The van der Waals surface area contributed by atoms with Crippen molar-refractivity contribution in [2.24, 2.45) is 0 Å². The molecule has 0 spiro atoms. The van der Waals surface area contributed by atoms with Gasteiger partial charge >= 0.3 is 0 Å². The molecular formula is C13H15NO3S2. The molecule has 1 aromatic carbocycles. The minimum atomic E-state index is -3.57. The number of aryl methyl sites for hydroxylation is 1. The number of hydrogen-bond acceptors (Lipinski definition) is 4. The average Bonchev–Trinajstić information content (AvgIpc) is 2.76. The zero-order valence-electron chi connectivity index (χ0n) is 10.6. The maximum absolute atomic E-state index is 12.1. The molecule has 0 saturated carbocycles.